The molecule has 1 atom stereocenters. The molecular weight excluding hydrogens is 272 g/mol. The van der Waals surface area contributed by atoms with Crippen LogP contribution in [-0.2, 0) is 10.0 Å². The van der Waals surface area contributed by atoms with Crippen LogP contribution in [0.1, 0.15) is 31.5 Å². The molecule has 1 unspecified atom stereocenters. The molecule has 0 saturated carbocycles. The summed E-state index contributed by atoms with van der Waals surface area (Å²) in [6.07, 6.45) is 4.08. The summed E-state index contributed by atoms with van der Waals surface area (Å²) in [5.74, 6) is 0.718. The molecule has 2 N–H and O–H groups in total. The average Bonchev–Trinajstić information content (AvgIpc) is 2.73. The first-order valence-electron chi connectivity index (χ1n) is 6.09. The van der Waals surface area contributed by atoms with Crippen molar-refractivity contribution >= 4 is 26.7 Å². The van der Waals surface area contributed by atoms with Crippen LogP contribution in [0.15, 0.2) is 0 Å². The van der Waals surface area contributed by atoms with Gasteiger partial charge in [-0.15, -0.1) is 0 Å². The standard InChI is InChI=1S/C10H18N4O2S2/c1-8-12-10(17-13-8)14-18(15,16)7-5-9-4-2-3-6-11-9/h9,11H,2-7H2,1H3,(H,12,13,14). The Hall–Kier alpha value is -0.730. The van der Waals surface area contributed by atoms with Gasteiger partial charge in [0.25, 0.3) is 0 Å². The number of hydrogen-bond acceptors (Lipinski definition) is 6. The minimum atomic E-state index is -3.30. The second kappa shape index (κ2) is 5.94. The molecule has 102 valence electrons. The van der Waals surface area contributed by atoms with E-state index in [1.165, 1.54) is 12.8 Å². The van der Waals surface area contributed by atoms with Crippen molar-refractivity contribution in [2.75, 3.05) is 17.0 Å². The van der Waals surface area contributed by atoms with Gasteiger partial charge in [-0.3, -0.25) is 4.72 Å². The molecule has 2 heterocycles. The molecule has 0 aromatic carbocycles. The minimum absolute atomic E-state index is 0.128. The van der Waals surface area contributed by atoms with E-state index in [9.17, 15) is 8.42 Å². The Labute approximate surface area is 111 Å². The first kappa shape index (κ1) is 13.7. The molecule has 0 spiro atoms. The molecule has 1 aromatic heterocycles. The molecule has 0 amide bonds. The van der Waals surface area contributed by atoms with Crippen LogP contribution in [0.2, 0.25) is 0 Å². The van der Waals surface area contributed by atoms with E-state index >= 15 is 0 Å². The van der Waals surface area contributed by atoms with E-state index in [0.717, 1.165) is 24.5 Å². The Morgan fingerprint density at radius 2 is 2.33 bits per heavy atom. The van der Waals surface area contributed by atoms with E-state index in [0.29, 0.717) is 23.4 Å². The van der Waals surface area contributed by atoms with Crippen molar-refractivity contribution in [2.24, 2.45) is 0 Å². The lowest BCUT2D eigenvalue weighted by molar-refractivity contribution is 0.393. The lowest BCUT2D eigenvalue weighted by Crippen LogP contribution is -2.36. The van der Waals surface area contributed by atoms with Gasteiger partial charge in [0.05, 0.1) is 5.75 Å². The van der Waals surface area contributed by atoms with Gasteiger partial charge in [0.15, 0.2) is 0 Å². The summed E-state index contributed by atoms with van der Waals surface area (Å²) in [6, 6.07) is 0.325. The predicted octanol–water partition coefficient (Wildman–Crippen LogP) is 1.12. The number of hydrogen-bond donors (Lipinski definition) is 2. The monoisotopic (exact) mass is 290 g/mol. The summed E-state index contributed by atoms with van der Waals surface area (Å²) in [5.41, 5.74) is 0. The molecule has 1 fully saturated rings. The molecule has 1 saturated heterocycles. The van der Waals surface area contributed by atoms with Crippen LogP contribution in [-0.4, -0.2) is 36.1 Å². The van der Waals surface area contributed by atoms with E-state index in [-0.39, 0.29) is 5.75 Å². The average molecular weight is 290 g/mol. The Kier molecular flexibility index (Phi) is 4.52. The topological polar surface area (TPSA) is 84.0 Å². The molecule has 18 heavy (non-hydrogen) atoms. The molecule has 0 aliphatic carbocycles. The van der Waals surface area contributed by atoms with Crippen LogP contribution < -0.4 is 10.0 Å². The van der Waals surface area contributed by atoms with Gasteiger partial charge in [0.1, 0.15) is 5.82 Å². The van der Waals surface area contributed by atoms with Crippen LogP contribution in [0.5, 0.6) is 0 Å². The minimum Gasteiger partial charge on any atom is -0.314 e. The van der Waals surface area contributed by atoms with Crippen molar-refractivity contribution in [1.29, 1.82) is 0 Å². The molecule has 6 nitrogen and oxygen atoms in total. The third-order valence-electron chi connectivity index (χ3n) is 2.92. The quantitative estimate of drug-likeness (QED) is 0.849. The van der Waals surface area contributed by atoms with Gasteiger partial charge in [-0.25, -0.2) is 13.4 Å². The maximum atomic E-state index is 11.9. The molecule has 2 rings (SSSR count). The lowest BCUT2D eigenvalue weighted by atomic mass is 10.0. The maximum Gasteiger partial charge on any atom is 0.234 e. The van der Waals surface area contributed by atoms with E-state index in [1.54, 1.807) is 6.92 Å². The fraction of sp³-hybridized carbons (Fsp3) is 0.800. The number of nitrogens with zero attached hydrogens (tertiary/aromatic N) is 2. The van der Waals surface area contributed by atoms with E-state index in [2.05, 4.69) is 19.4 Å². The first-order chi connectivity index (χ1) is 8.55. The van der Waals surface area contributed by atoms with E-state index in [1.807, 2.05) is 0 Å². The summed E-state index contributed by atoms with van der Waals surface area (Å²) >= 11 is 1.07. The van der Waals surface area contributed by atoms with Crippen LogP contribution >= 0.6 is 11.5 Å². The number of aromatic nitrogens is 2. The molecular formula is C10H18N4O2S2. The number of anilines is 1. The molecule has 0 bridgehead atoms. The van der Waals surface area contributed by atoms with Gasteiger partial charge < -0.3 is 5.32 Å². The zero-order valence-electron chi connectivity index (χ0n) is 10.3. The second-order valence-electron chi connectivity index (χ2n) is 4.50. The predicted molar refractivity (Wildman–Crippen MR) is 72.3 cm³/mol. The number of piperidine rings is 1. The highest BCUT2D eigenvalue weighted by Crippen LogP contribution is 2.15. The molecule has 1 aliphatic heterocycles. The molecule has 8 heteroatoms. The summed E-state index contributed by atoms with van der Waals surface area (Å²) in [4.78, 5) is 3.99. The number of nitrogens with one attached hydrogen (secondary N) is 2. The van der Waals surface area contributed by atoms with Gasteiger partial charge in [-0.1, -0.05) is 6.42 Å². The summed E-state index contributed by atoms with van der Waals surface area (Å²) in [7, 11) is -3.30. The third-order valence-corrected chi connectivity index (χ3v) is 5.05. The van der Waals surface area contributed by atoms with Crippen LogP contribution in [0.3, 0.4) is 0 Å². The fourth-order valence-electron chi connectivity index (χ4n) is 1.99. The third kappa shape index (κ3) is 4.18. The van der Waals surface area contributed by atoms with Crippen molar-refractivity contribution < 1.29 is 8.42 Å². The smallest absolute Gasteiger partial charge is 0.234 e. The van der Waals surface area contributed by atoms with E-state index < -0.39 is 10.0 Å². The molecule has 1 aliphatic rings. The van der Waals surface area contributed by atoms with Gasteiger partial charge >= 0.3 is 0 Å². The van der Waals surface area contributed by atoms with Crippen molar-refractivity contribution in [3.8, 4) is 0 Å². The highest BCUT2D eigenvalue weighted by Gasteiger charge is 2.18. The zero-order valence-corrected chi connectivity index (χ0v) is 12.0. The Morgan fingerprint density at radius 3 is 2.94 bits per heavy atom. The van der Waals surface area contributed by atoms with Gasteiger partial charge in [0.2, 0.25) is 15.2 Å². The largest absolute Gasteiger partial charge is 0.314 e. The summed E-state index contributed by atoms with van der Waals surface area (Å²) in [5, 5.41) is 3.69. The van der Waals surface area contributed by atoms with Crippen LogP contribution in [0.25, 0.3) is 0 Å². The van der Waals surface area contributed by atoms with Crippen molar-refractivity contribution in [3.05, 3.63) is 5.82 Å². The van der Waals surface area contributed by atoms with Crippen molar-refractivity contribution in [3.63, 3.8) is 0 Å². The van der Waals surface area contributed by atoms with Gasteiger partial charge in [-0.05, 0) is 32.7 Å². The Bertz CT molecular complexity index is 480. The normalized spacial score (nSPS) is 20.8. The van der Waals surface area contributed by atoms with Gasteiger partial charge in [-0.2, -0.15) is 4.37 Å². The van der Waals surface area contributed by atoms with E-state index in [4.69, 9.17) is 0 Å². The maximum absolute atomic E-state index is 11.9. The van der Waals surface area contributed by atoms with Crippen molar-refractivity contribution in [1.82, 2.24) is 14.7 Å². The van der Waals surface area contributed by atoms with Crippen molar-refractivity contribution in [2.45, 2.75) is 38.6 Å². The highest BCUT2D eigenvalue weighted by atomic mass is 32.2. The second-order valence-corrected chi connectivity index (χ2v) is 7.10. The first-order valence-corrected chi connectivity index (χ1v) is 8.52. The van der Waals surface area contributed by atoms with Crippen LogP contribution in [0.4, 0.5) is 5.13 Å². The zero-order chi connectivity index (χ0) is 13.0. The summed E-state index contributed by atoms with van der Waals surface area (Å²) < 4.78 is 30.1. The number of rotatable bonds is 5. The SMILES string of the molecule is Cc1nsc(NS(=O)(=O)CCC2CCCCN2)n1. The number of aryl methyl sites for hydroxylation is 1. The summed E-state index contributed by atoms with van der Waals surface area (Å²) in [6.45, 7) is 2.73. The lowest BCUT2D eigenvalue weighted by Gasteiger charge is -2.23. The van der Waals surface area contributed by atoms with Crippen LogP contribution in [0, 0.1) is 6.92 Å². The highest BCUT2D eigenvalue weighted by molar-refractivity contribution is 7.92. The molecule has 1 aromatic rings. The van der Waals surface area contributed by atoms with Gasteiger partial charge in [0, 0.05) is 17.6 Å². The Morgan fingerprint density at radius 1 is 1.50 bits per heavy atom. The Balaban J connectivity index is 1.83. The molecule has 0 radical (unpaired) electrons. The fourth-order valence-corrected chi connectivity index (χ4v) is 3.96. The number of sulfonamides is 1.